The van der Waals surface area contributed by atoms with Gasteiger partial charge in [-0.2, -0.15) is 0 Å². The van der Waals surface area contributed by atoms with E-state index in [1.807, 2.05) is 24.3 Å². The molecule has 3 aromatic rings. The first kappa shape index (κ1) is 23.2. The second-order valence-corrected chi connectivity index (χ2v) is 10.3. The van der Waals surface area contributed by atoms with Gasteiger partial charge in [0.15, 0.2) is 6.10 Å². The first-order valence-corrected chi connectivity index (χ1v) is 13.0. The molecule has 1 unspecified atom stereocenters. The normalized spacial score (nSPS) is 17.9. The van der Waals surface area contributed by atoms with E-state index in [2.05, 4.69) is 10.2 Å². The molecule has 5 rings (SSSR count). The first-order valence-electron chi connectivity index (χ1n) is 11.6. The standard InChI is InChI=1S/C26H27N3O5S/c30-26(27-18-20-10-12-21(13-11-20)28-14-16-33-17-15-28)25-19-29(23-8-4-5-9-24(23)34-25)35(31,32)22-6-2-1-3-7-22/h1-13,25H,14-19H2,(H,27,30). The number of rotatable bonds is 6. The van der Waals surface area contributed by atoms with Crippen molar-refractivity contribution < 1.29 is 22.7 Å². The molecule has 8 nitrogen and oxygen atoms in total. The fraction of sp³-hybridized carbons (Fsp3) is 0.269. The Bertz CT molecular complexity index is 1280. The van der Waals surface area contributed by atoms with E-state index in [-0.39, 0.29) is 17.3 Å². The molecular formula is C26H27N3O5S. The number of hydrogen-bond donors (Lipinski definition) is 1. The second kappa shape index (κ2) is 9.97. The minimum Gasteiger partial charge on any atom is -0.476 e. The van der Waals surface area contributed by atoms with Gasteiger partial charge >= 0.3 is 0 Å². The van der Waals surface area contributed by atoms with Gasteiger partial charge in [0.2, 0.25) is 0 Å². The molecule has 0 radical (unpaired) electrons. The summed E-state index contributed by atoms with van der Waals surface area (Å²) in [4.78, 5) is 15.5. The van der Waals surface area contributed by atoms with Crippen LogP contribution in [0.3, 0.4) is 0 Å². The van der Waals surface area contributed by atoms with E-state index in [0.717, 1.165) is 37.6 Å². The molecule has 9 heteroatoms. The molecule has 1 atom stereocenters. The topological polar surface area (TPSA) is 88.2 Å². The van der Waals surface area contributed by atoms with Gasteiger partial charge in [0, 0.05) is 25.3 Å². The van der Waals surface area contributed by atoms with Crippen molar-refractivity contribution in [3.05, 3.63) is 84.4 Å². The predicted octanol–water partition coefficient (Wildman–Crippen LogP) is 2.80. The number of nitrogens with zero attached hydrogens (tertiary/aromatic N) is 2. The number of carbonyl (C=O) groups is 1. The summed E-state index contributed by atoms with van der Waals surface area (Å²) in [5, 5.41) is 2.89. The highest BCUT2D eigenvalue weighted by Gasteiger charge is 2.37. The van der Waals surface area contributed by atoms with Crippen LogP contribution in [-0.2, 0) is 26.1 Å². The van der Waals surface area contributed by atoms with Crippen molar-refractivity contribution in [1.29, 1.82) is 0 Å². The van der Waals surface area contributed by atoms with Crippen molar-refractivity contribution >= 4 is 27.3 Å². The summed E-state index contributed by atoms with van der Waals surface area (Å²) in [5.41, 5.74) is 2.48. The summed E-state index contributed by atoms with van der Waals surface area (Å²) in [6, 6.07) is 23.1. The Hall–Kier alpha value is -3.56. The van der Waals surface area contributed by atoms with Gasteiger partial charge < -0.3 is 19.7 Å². The number of carbonyl (C=O) groups excluding carboxylic acids is 1. The van der Waals surface area contributed by atoms with E-state index in [1.165, 1.54) is 4.31 Å². The summed E-state index contributed by atoms with van der Waals surface area (Å²) >= 11 is 0. The van der Waals surface area contributed by atoms with Crippen LogP contribution in [0, 0.1) is 0 Å². The van der Waals surface area contributed by atoms with Gasteiger partial charge in [0.1, 0.15) is 5.75 Å². The summed E-state index contributed by atoms with van der Waals surface area (Å²) in [5.74, 6) is -0.0155. The van der Waals surface area contributed by atoms with Gasteiger partial charge in [-0.1, -0.05) is 42.5 Å². The highest BCUT2D eigenvalue weighted by atomic mass is 32.2. The number of sulfonamides is 1. The Morgan fingerprint density at radius 1 is 0.914 bits per heavy atom. The maximum Gasteiger partial charge on any atom is 0.264 e. The Labute approximate surface area is 205 Å². The van der Waals surface area contributed by atoms with Crippen molar-refractivity contribution in [3.63, 3.8) is 0 Å². The van der Waals surface area contributed by atoms with E-state index >= 15 is 0 Å². The van der Waals surface area contributed by atoms with Gasteiger partial charge in [-0.05, 0) is 42.0 Å². The zero-order valence-electron chi connectivity index (χ0n) is 19.2. The molecule has 2 heterocycles. The number of morpholine rings is 1. The molecule has 182 valence electrons. The molecule has 0 aliphatic carbocycles. The Balaban J connectivity index is 1.29. The Morgan fingerprint density at radius 3 is 2.34 bits per heavy atom. The average Bonchev–Trinajstić information content (AvgIpc) is 2.92. The van der Waals surface area contributed by atoms with Crippen molar-refractivity contribution in [2.24, 2.45) is 0 Å². The number of benzene rings is 3. The van der Waals surface area contributed by atoms with Gasteiger partial charge in [0.25, 0.3) is 15.9 Å². The van der Waals surface area contributed by atoms with Crippen LogP contribution < -0.4 is 19.3 Å². The smallest absolute Gasteiger partial charge is 0.264 e. The molecular weight excluding hydrogens is 466 g/mol. The molecule has 1 amide bonds. The zero-order valence-corrected chi connectivity index (χ0v) is 20.0. The largest absolute Gasteiger partial charge is 0.476 e. The van der Waals surface area contributed by atoms with E-state index in [1.54, 1.807) is 54.6 Å². The summed E-state index contributed by atoms with van der Waals surface area (Å²) in [6.07, 6.45) is -0.976. The molecule has 2 aliphatic rings. The van der Waals surface area contributed by atoms with Gasteiger partial charge in [-0.25, -0.2) is 8.42 Å². The number of fused-ring (bicyclic) bond motifs is 1. The van der Waals surface area contributed by atoms with E-state index < -0.39 is 16.1 Å². The highest BCUT2D eigenvalue weighted by molar-refractivity contribution is 7.92. The number of ether oxygens (including phenoxy) is 2. The minimum atomic E-state index is -3.86. The summed E-state index contributed by atoms with van der Waals surface area (Å²) in [6.45, 7) is 3.36. The molecule has 0 aromatic heterocycles. The molecule has 0 bridgehead atoms. The predicted molar refractivity (Wildman–Crippen MR) is 133 cm³/mol. The third-order valence-electron chi connectivity index (χ3n) is 6.14. The van der Waals surface area contributed by atoms with Crippen molar-refractivity contribution in [3.8, 4) is 5.75 Å². The van der Waals surface area contributed by atoms with Crippen molar-refractivity contribution in [1.82, 2.24) is 5.32 Å². The zero-order chi connectivity index (χ0) is 24.3. The number of nitrogens with one attached hydrogen (secondary N) is 1. The molecule has 1 fully saturated rings. The van der Waals surface area contributed by atoms with E-state index in [9.17, 15) is 13.2 Å². The molecule has 1 N–H and O–H groups in total. The lowest BCUT2D eigenvalue weighted by Crippen LogP contribution is -2.50. The summed E-state index contributed by atoms with van der Waals surface area (Å²) in [7, 11) is -3.86. The number of hydrogen-bond acceptors (Lipinski definition) is 6. The van der Waals surface area contributed by atoms with Crippen molar-refractivity contribution in [2.75, 3.05) is 42.1 Å². The fourth-order valence-corrected chi connectivity index (χ4v) is 5.73. The van der Waals surface area contributed by atoms with Crippen molar-refractivity contribution in [2.45, 2.75) is 17.5 Å². The lowest BCUT2D eigenvalue weighted by atomic mass is 10.1. The Kier molecular flexibility index (Phi) is 6.61. The minimum absolute atomic E-state index is 0.115. The van der Waals surface area contributed by atoms with Crippen LogP contribution in [0.4, 0.5) is 11.4 Å². The number of anilines is 2. The van der Waals surface area contributed by atoms with Crippen LogP contribution in [0.25, 0.3) is 0 Å². The second-order valence-electron chi connectivity index (χ2n) is 8.41. The quantitative estimate of drug-likeness (QED) is 0.568. The monoisotopic (exact) mass is 493 g/mol. The van der Waals surface area contributed by atoms with E-state index in [4.69, 9.17) is 9.47 Å². The van der Waals surface area contributed by atoms with Crippen LogP contribution in [0.1, 0.15) is 5.56 Å². The third-order valence-corrected chi connectivity index (χ3v) is 7.93. The lowest BCUT2D eigenvalue weighted by molar-refractivity contribution is -0.127. The van der Waals surface area contributed by atoms with Crippen LogP contribution in [0.5, 0.6) is 5.75 Å². The van der Waals surface area contributed by atoms with Crippen LogP contribution in [0.2, 0.25) is 0 Å². The van der Waals surface area contributed by atoms with Gasteiger partial charge in [-0.3, -0.25) is 9.10 Å². The number of para-hydroxylation sites is 2. The lowest BCUT2D eigenvalue weighted by Gasteiger charge is -2.34. The average molecular weight is 494 g/mol. The molecule has 0 spiro atoms. The molecule has 1 saturated heterocycles. The SMILES string of the molecule is O=C(NCc1ccc(N2CCOCC2)cc1)C1CN(S(=O)(=O)c2ccccc2)c2ccccc2O1. The maximum absolute atomic E-state index is 13.4. The molecule has 3 aromatic carbocycles. The summed E-state index contributed by atoms with van der Waals surface area (Å²) < 4.78 is 39.3. The van der Waals surface area contributed by atoms with Crippen LogP contribution >= 0.6 is 0 Å². The molecule has 0 saturated carbocycles. The fourth-order valence-electron chi connectivity index (χ4n) is 4.24. The van der Waals surface area contributed by atoms with Gasteiger partial charge in [0.05, 0.1) is 30.3 Å². The Morgan fingerprint density at radius 2 is 1.60 bits per heavy atom. The molecule has 2 aliphatic heterocycles. The number of amides is 1. The van der Waals surface area contributed by atoms with E-state index in [0.29, 0.717) is 18.0 Å². The molecule has 35 heavy (non-hydrogen) atoms. The maximum atomic E-state index is 13.4. The van der Waals surface area contributed by atoms with Crippen LogP contribution in [0.15, 0.2) is 83.8 Å². The van der Waals surface area contributed by atoms with Gasteiger partial charge in [-0.15, -0.1) is 0 Å². The van der Waals surface area contributed by atoms with Crippen LogP contribution in [-0.4, -0.2) is 53.3 Å². The third kappa shape index (κ3) is 4.96. The first-order chi connectivity index (χ1) is 17.0. The highest BCUT2D eigenvalue weighted by Crippen LogP contribution is 2.36.